The number of fused-ring (bicyclic) bond motifs is 4. The summed E-state index contributed by atoms with van der Waals surface area (Å²) in [6, 6.07) is 13.2. The Morgan fingerprint density at radius 1 is 1.04 bits per heavy atom. The summed E-state index contributed by atoms with van der Waals surface area (Å²) in [5.41, 5.74) is -0.909. The number of hydrogen-bond acceptors (Lipinski definition) is 10. The van der Waals surface area contributed by atoms with Gasteiger partial charge >= 0.3 is 0 Å². The molecule has 53 heavy (non-hydrogen) atoms. The van der Waals surface area contributed by atoms with Crippen LogP contribution in [0.25, 0.3) is 11.1 Å². The van der Waals surface area contributed by atoms with E-state index in [-0.39, 0.29) is 58.7 Å². The molecule has 2 spiro atoms. The second-order valence-corrected chi connectivity index (χ2v) is 17.5. The van der Waals surface area contributed by atoms with Crippen LogP contribution in [0.2, 0.25) is 0 Å². The normalized spacial score (nSPS) is 30.0. The van der Waals surface area contributed by atoms with Crippen LogP contribution < -0.4 is 20.1 Å². The number of nitrogens with zero attached hydrogens (tertiary/aromatic N) is 2. The zero-order valence-corrected chi connectivity index (χ0v) is 31.0. The Balaban J connectivity index is 1.04. The molecule has 282 valence electrons. The molecule has 3 amide bonds. The van der Waals surface area contributed by atoms with Crippen molar-refractivity contribution in [2.24, 2.45) is 28.6 Å². The van der Waals surface area contributed by atoms with E-state index < -0.39 is 38.8 Å². The Kier molecular flexibility index (Phi) is 9.03. The summed E-state index contributed by atoms with van der Waals surface area (Å²) in [7, 11) is -4.34. The van der Waals surface area contributed by atoms with E-state index in [0.29, 0.717) is 37.5 Å². The van der Waals surface area contributed by atoms with Crippen molar-refractivity contribution in [2.45, 2.75) is 75.3 Å². The van der Waals surface area contributed by atoms with Gasteiger partial charge in [0, 0.05) is 29.8 Å². The topological polar surface area (TPSA) is 169 Å². The van der Waals surface area contributed by atoms with Gasteiger partial charge < -0.3 is 29.4 Å². The van der Waals surface area contributed by atoms with Gasteiger partial charge in [-0.25, -0.2) is 13.1 Å². The standard InChI is InChI=1S/C39H47N5O8S/c1-25(2)32(41-36-40-28-14-8-9-15-29(28)52-36)34(46)44-20-27(38(22-44)21-37(38)23-50-24-37)33(45)42-39-19-26(39)13-7-5-3-4-6-12-18-51-30-16-10-11-17-31(30)53(48,49)43-35(39)47/h7-11,13-17,25-27,32H,3-6,12,18-24H2,1-2H3,(H,40,41)(H,42,45)(H,43,47)/b13-7-/t26-,27-,32?,38-,39-/m1/s1. The molecule has 13 nitrogen and oxygen atoms in total. The van der Waals surface area contributed by atoms with Crippen LogP contribution in [0.3, 0.4) is 0 Å². The number of ether oxygens (including phenoxy) is 2. The fourth-order valence-electron chi connectivity index (χ4n) is 8.71. The highest BCUT2D eigenvalue weighted by molar-refractivity contribution is 7.90. The van der Waals surface area contributed by atoms with Crippen molar-refractivity contribution in [3.63, 3.8) is 0 Å². The highest BCUT2D eigenvalue weighted by Gasteiger charge is 2.78. The predicted octanol–water partition coefficient (Wildman–Crippen LogP) is 4.41. The highest BCUT2D eigenvalue weighted by Crippen LogP contribution is 2.73. The van der Waals surface area contributed by atoms with E-state index in [1.807, 2.05) is 50.3 Å². The number of aromatic nitrogens is 1. The minimum absolute atomic E-state index is 0.126. The number of nitrogens with one attached hydrogen (secondary N) is 3. The summed E-state index contributed by atoms with van der Waals surface area (Å²) < 4.78 is 47.1. The van der Waals surface area contributed by atoms with Crippen LogP contribution in [0.4, 0.5) is 6.01 Å². The molecule has 4 heterocycles. The molecular weight excluding hydrogens is 699 g/mol. The van der Waals surface area contributed by atoms with E-state index in [2.05, 4.69) is 20.3 Å². The maximum absolute atomic E-state index is 14.6. The summed E-state index contributed by atoms with van der Waals surface area (Å²) in [6.07, 6.45) is 9.44. The SMILES string of the molecule is CC(C)C(Nc1nc2ccccc2o1)C(=O)N1C[C@H](C(=O)N[C@]23C[C@H]2/C=C\CCCCCCOc2ccccc2S(=O)(=O)NC3=O)[C@]2(C1)CC21COC1. The molecule has 3 aromatic rings. The Bertz CT molecular complexity index is 2030. The van der Waals surface area contributed by atoms with Crippen LogP contribution in [-0.4, -0.2) is 80.5 Å². The van der Waals surface area contributed by atoms with Gasteiger partial charge in [0.2, 0.25) is 11.8 Å². The van der Waals surface area contributed by atoms with Gasteiger partial charge in [0.1, 0.15) is 27.7 Å². The summed E-state index contributed by atoms with van der Waals surface area (Å²) in [5.74, 6) is -2.28. The molecule has 3 N–H and O–H groups in total. The molecule has 5 atom stereocenters. The van der Waals surface area contributed by atoms with Gasteiger partial charge in [-0.05, 0) is 62.3 Å². The van der Waals surface area contributed by atoms with Crippen molar-refractivity contribution in [1.29, 1.82) is 0 Å². The molecular formula is C39H47N5O8S. The van der Waals surface area contributed by atoms with Crippen molar-refractivity contribution in [3.8, 4) is 5.75 Å². The number of rotatable bonds is 6. The van der Waals surface area contributed by atoms with E-state index >= 15 is 0 Å². The predicted molar refractivity (Wildman–Crippen MR) is 195 cm³/mol. The molecule has 0 bridgehead atoms. The molecule has 4 fully saturated rings. The van der Waals surface area contributed by atoms with Crippen LogP contribution in [0.1, 0.15) is 58.8 Å². The zero-order chi connectivity index (χ0) is 37.0. The molecule has 14 heteroatoms. The summed E-state index contributed by atoms with van der Waals surface area (Å²) in [5, 5.41) is 6.27. The van der Waals surface area contributed by atoms with Gasteiger partial charge in [-0.15, -0.1) is 0 Å². The average molecular weight is 746 g/mol. The molecule has 2 aromatic carbocycles. The van der Waals surface area contributed by atoms with E-state index in [0.717, 1.165) is 38.5 Å². The Morgan fingerprint density at radius 2 is 1.81 bits per heavy atom. The largest absolute Gasteiger partial charge is 0.492 e. The van der Waals surface area contributed by atoms with Crippen LogP contribution >= 0.6 is 0 Å². The first-order chi connectivity index (χ1) is 25.5. The molecule has 2 saturated carbocycles. The van der Waals surface area contributed by atoms with Gasteiger partial charge in [-0.2, -0.15) is 4.98 Å². The highest BCUT2D eigenvalue weighted by atomic mass is 32.2. The quantitative estimate of drug-likeness (QED) is 0.308. The molecule has 3 aliphatic heterocycles. The number of benzene rings is 2. The van der Waals surface area contributed by atoms with E-state index in [9.17, 15) is 22.8 Å². The van der Waals surface area contributed by atoms with Gasteiger partial charge in [0.15, 0.2) is 5.58 Å². The number of likely N-dealkylation sites (tertiary alicyclic amines) is 1. The van der Waals surface area contributed by atoms with Crippen LogP contribution in [0, 0.1) is 28.6 Å². The molecule has 8 rings (SSSR count). The van der Waals surface area contributed by atoms with E-state index in [4.69, 9.17) is 13.9 Å². The lowest BCUT2D eigenvalue weighted by Gasteiger charge is -2.33. The second kappa shape index (κ2) is 13.5. The minimum Gasteiger partial charge on any atom is -0.492 e. The fourth-order valence-corrected chi connectivity index (χ4v) is 9.90. The fraction of sp³-hybridized carbons (Fsp3) is 0.538. The maximum atomic E-state index is 14.6. The molecule has 0 radical (unpaired) electrons. The lowest BCUT2D eigenvalue weighted by atomic mass is 9.82. The van der Waals surface area contributed by atoms with Gasteiger partial charge in [-0.1, -0.05) is 63.1 Å². The number of anilines is 1. The van der Waals surface area contributed by atoms with Gasteiger partial charge in [0.25, 0.3) is 21.9 Å². The van der Waals surface area contributed by atoms with Crippen molar-refractivity contribution in [3.05, 3.63) is 60.7 Å². The third kappa shape index (κ3) is 6.37. The van der Waals surface area contributed by atoms with Crippen LogP contribution in [0.15, 0.2) is 70.0 Å². The molecule has 1 aromatic heterocycles. The third-order valence-corrected chi connectivity index (χ3v) is 13.4. The Labute approximate surface area is 309 Å². The summed E-state index contributed by atoms with van der Waals surface area (Å²) >= 11 is 0. The lowest BCUT2D eigenvalue weighted by molar-refractivity contribution is -0.134. The lowest BCUT2D eigenvalue weighted by Crippen LogP contribution is -2.54. The zero-order valence-electron chi connectivity index (χ0n) is 30.1. The van der Waals surface area contributed by atoms with E-state index in [1.54, 1.807) is 23.1 Å². The summed E-state index contributed by atoms with van der Waals surface area (Å²) in [4.78, 5) is 49.1. The number of amides is 3. The third-order valence-electron chi connectivity index (χ3n) is 12.0. The van der Waals surface area contributed by atoms with Gasteiger partial charge in [-0.3, -0.25) is 14.4 Å². The molecule has 1 unspecified atom stereocenters. The number of allylic oxidation sites excluding steroid dienone is 1. The Hall–Kier alpha value is -4.43. The molecule has 2 aliphatic carbocycles. The average Bonchev–Trinajstić information content (AvgIpc) is 3.86. The van der Waals surface area contributed by atoms with Crippen molar-refractivity contribution < 1.29 is 36.7 Å². The van der Waals surface area contributed by atoms with Crippen molar-refractivity contribution >= 4 is 44.9 Å². The van der Waals surface area contributed by atoms with Crippen molar-refractivity contribution in [2.75, 3.05) is 38.2 Å². The molecule has 2 saturated heterocycles. The number of para-hydroxylation sites is 3. The number of oxazole rings is 1. The second-order valence-electron chi connectivity index (χ2n) is 15.9. The van der Waals surface area contributed by atoms with Crippen LogP contribution in [0.5, 0.6) is 5.75 Å². The first-order valence-electron chi connectivity index (χ1n) is 18.7. The molecule has 5 aliphatic rings. The first-order valence-corrected chi connectivity index (χ1v) is 20.2. The van der Waals surface area contributed by atoms with Gasteiger partial charge in [0.05, 0.1) is 25.7 Å². The number of hydrogen-bond donors (Lipinski definition) is 3. The number of carbonyl (C=O) groups is 3. The minimum atomic E-state index is -4.34. The summed E-state index contributed by atoms with van der Waals surface area (Å²) in [6.45, 7) is 5.79. The smallest absolute Gasteiger partial charge is 0.296 e. The van der Waals surface area contributed by atoms with Crippen molar-refractivity contribution in [1.82, 2.24) is 19.9 Å². The monoisotopic (exact) mass is 745 g/mol. The number of sulfonamides is 1. The first kappa shape index (κ1) is 35.6. The maximum Gasteiger partial charge on any atom is 0.296 e. The van der Waals surface area contributed by atoms with Crippen LogP contribution in [-0.2, 0) is 29.1 Å². The Morgan fingerprint density at radius 3 is 2.57 bits per heavy atom. The van der Waals surface area contributed by atoms with E-state index in [1.165, 1.54) is 6.07 Å². The number of carbonyl (C=O) groups excluding carboxylic acids is 3.